The highest BCUT2D eigenvalue weighted by Crippen LogP contribution is 2.68. The van der Waals surface area contributed by atoms with Crippen LogP contribution >= 0.6 is 0 Å². The largest absolute Gasteiger partial charge is 0.496 e. The summed E-state index contributed by atoms with van der Waals surface area (Å²) in [5.41, 5.74) is -0.518. The topological polar surface area (TPSA) is 154 Å². The number of fused-ring (bicyclic) bond motifs is 6. The minimum atomic E-state index is -2.30. The fraction of sp³-hybridized carbons (Fsp3) is 0.596. The van der Waals surface area contributed by atoms with Gasteiger partial charge >= 0.3 is 17.9 Å². The SMILES string of the molecule is CC[C@]1(O)C[C@@H]2CN(CCc3c([nH]c4ccc(C)cc34)[C@@](C(=O)OC)(c3cc4c(cc3OC)N(C)[C@H]3[C@](O)(C(=O)OC)[C@H](OC(C)=O)[C@]5(CC)C=CCN6CC[C@]43[C@@H]65)C2)C1. The number of nitrogens with one attached hydrogen (secondary N) is 1. The summed E-state index contributed by atoms with van der Waals surface area (Å²) >= 11 is 0. The molecule has 3 N–H and O–H groups in total. The number of anilines is 1. The summed E-state index contributed by atoms with van der Waals surface area (Å²) in [5, 5.41) is 26.4. The highest BCUT2D eigenvalue weighted by atomic mass is 16.6. The lowest BCUT2D eigenvalue weighted by molar-refractivity contribution is -0.228. The van der Waals surface area contributed by atoms with Crippen molar-refractivity contribution in [3.8, 4) is 5.75 Å². The lowest BCUT2D eigenvalue weighted by Crippen LogP contribution is -2.81. The second-order valence-corrected chi connectivity index (χ2v) is 18.7. The summed E-state index contributed by atoms with van der Waals surface area (Å²) in [6.45, 7) is 10.7. The fourth-order valence-electron chi connectivity index (χ4n) is 13.7. The number of esters is 3. The predicted octanol–water partition coefficient (Wildman–Crippen LogP) is 4.30. The molecule has 0 radical (unpaired) electrons. The zero-order valence-electron chi connectivity index (χ0n) is 36.2. The van der Waals surface area contributed by atoms with Crippen LogP contribution in [0.5, 0.6) is 5.75 Å². The molecule has 2 saturated heterocycles. The highest BCUT2D eigenvalue weighted by molar-refractivity contribution is 5.95. The van der Waals surface area contributed by atoms with E-state index in [1.165, 1.54) is 21.1 Å². The van der Waals surface area contributed by atoms with Gasteiger partial charge in [-0.25, -0.2) is 4.79 Å². The molecule has 13 nitrogen and oxygen atoms in total. The predicted molar refractivity (Wildman–Crippen MR) is 225 cm³/mol. The van der Waals surface area contributed by atoms with E-state index < -0.39 is 57.5 Å². The summed E-state index contributed by atoms with van der Waals surface area (Å²) in [5.74, 6) is -1.56. The van der Waals surface area contributed by atoms with E-state index in [-0.39, 0.29) is 12.0 Å². The Hall–Kier alpha value is -4.43. The van der Waals surface area contributed by atoms with Crippen LogP contribution in [0.4, 0.5) is 5.69 Å². The number of carbonyl (C=O) groups excluding carboxylic acids is 3. The smallest absolute Gasteiger partial charge is 0.344 e. The molecule has 1 spiro atoms. The maximum absolute atomic E-state index is 15.4. The first kappa shape index (κ1) is 40.9. The molecule has 1 unspecified atom stereocenters. The monoisotopic (exact) mass is 824 g/mol. The summed E-state index contributed by atoms with van der Waals surface area (Å²) < 4.78 is 24.0. The summed E-state index contributed by atoms with van der Waals surface area (Å²) in [7, 11) is 6.16. The molecular weight excluding hydrogens is 765 g/mol. The van der Waals surface area contributed by atoms with E-state index in [2.05, 4.69) is 58.1 Å². The minimum Gasteiger partial charge on any atom is -0.496 e. The van der Waals surface area contributed by atoms with E-state index in [0.717, 1.165) is 39.0 Å². The fourth-order valence-corrected chi connectivity index (χ4v) is 13.7. The Morgan fingerprint density at radius 1 is 0.950 bits per heavy atom. The molecule has 2 aromatic carbocycles. The lowest BCUT2D eigenvalue weighted by atomic mass is 9.47. The van der Waals surface area contributed by atoms with Crippen molar-refractivity contribution in [2.45, 2.75) is 106 Å². The van der Waals surface area contributed by atoms with Crippen molar-refractivity contribution in [2.24, 2.45) is 11.3 Å². The highest BCUT2D eigenvalue weighted by Gasteiger charge is 2.80. The number of piperidine rings is 1. The molecule has 6 heterocycles. The van der Waals surface area contributed by atoms with Crippen LogP contribution in [0.3, 0.4) is 0 Å². The van der Waals surface area contributed by atoms with Crippen molar-refractivity contribution >= 4 is 34.5 Å². The van der Waals surface area contributed by atoms with E-state index in [4.69, 9.17) is 18.9 Å². The van der Waals surface area contributed by atoms with Crippen molar-refractivity contribution in [3.63, 3.8) is 0 Å². The summed E-state index contributed by atoms with van der Waals surface area (Å²) in [6, 6.07) is 9.15. The average Bonchev–Trinajstić information content (AvgIpc) is 3.89. The quantitative estimate of drug-likeness (QED) is 0.177. The second-order valence-electron chi connectivity index (χ2n) is 18.7. The number of ether oxygens (including phenoxy) is 4. The Bertz CT molecular complexity index is 2310. The molecule has 10 atom stereocenters. The van der Waals surface area contributed by atoms with Crippen LogP contribution in [-0.4, -0.2) is 133 Å². The number of carbonyl (C=O) groups is 3. The number of rotatable bonds is 7. The van der Waals surface area contributed by atoms with Crippen molar-refractivity contribution in [3.05, 3.63) is 70.4 Å². The number of aryl methyl sites for hydroxylation is 1. The van der Waals surface area contributed by atoms with Gasteiger partial charge in [-0.05, 0) is 87.2 Å². The first-order valence-electron chi connectivity index (χ1n) is 21.6. The molecule has 3 aromatic rings. The molecule has 1 saturated carbocycles. The Balaban J connectivity index is 1.37. The van der Waals surface area contributed by atoms with Crippen LogP contribution in [0.25, 0.3) is 10.9 Å². The van der Waals surface area contributed by atoms with E-state index in [1.807, 2.05) is 31.9 Å². The van der Waals surface area contributed by atoms with Crippen molar-refractivity contribution in [2.75, 3.05) is 66.0 Å². The molecule has 1 aliphatic carbocycles. The molecule has 2 bridgehead atoms. The third kappa shape index (κ3) is 5.27. The Labute approximate surface area is 352 Å². The Morgan fingerprint density at radius 3 is 2.40 bits per heavy atom. The maximum Gasteiger partial charge on any atom is 0.344 e. The normalized spacial score (nSPS) is 36.6. The van der Waals surface area contributed by atoms with Gasteiger partial charge in [-0.3, -0.25) is 19.4 Å². The number of H-pyrrole nitrogens is 1. The second kappa shape index (κ2) is 14.1. The zero-order valence-corrected chi connectivity index (χ0v) is 36.2. The molecule has 3 fully saturated rings. The molecule has 322 valence electrons. The lowest BCUT2D eigenvalue weighted by Gasteiger charge is -2.63. The molecule has 5 aliphatic heterocycles. The van der Waals surface area contributed by atoms with Crippen LogP contribution in [-0.2, 0) is 45.8 Å². The number of nitrogens with zero attached hydrogens (tertiary/aromatic N) is 3. The number of likely N-dealkylation sites (N-methyl/N-ethyl adjacent to an activating group) is 1. The van der Waals surface area contributed by atoms with Gasteiger partial charge in [0.1, 0.15) is 11.2 Å². The number of aromatic amines is 1. The van der Waals surface area contributed by atoms with Crippen molar-refractivity contribution < 1.29 is 43.5 Å². The molecule has 9 rings (SSSR count). The molecule has 1 aromatic heterocycles. The van der Waals surface area contributed by atoms with Crippen LogP contribution in [0.2, 0.25) is 0 Å². The van der Waals surface area contributed by atoms with Gasteiger partial charge in [0.2, 0.25) is 5.60 Å². The number of methoxy groups -OCH3 is 3. The summed E-state index contributed by atoms with van der Waals surface area (Å²) in [6.07, 6.45) is 5.94. The minimum absolute atomic E-state index is 0.102. The third-order valence-electron chi connectivity index (χ3n) is 15.8. The van der Waals surface area contributed by atoms with Gasteiger partial charge in [0.25, 0.3) is 0 Å². The molecule has 13 heteroatoms. The van der Waals surface area contributed by atoms with Gasteiger partial charge in [-0.15, -0.1) is 0 Å². The third-order valence-corrected chi connectivity index (χ3v) is 15.8. The maximum atomic E-state index is 15.4. The molecule has 0 amide bonds. The number of benzene rings is 2. The molecular formula is C47H60N4O9. The Kier molecular flexibility index (Phi) is 9.59. The van der Waals surface area contributed by atoms with Gasteiger partial charge in [-0.1, -0.05) is 37.6 Å². The van der Waals surface area contributed by atoms with Crippen molar-refractivity contribution in [1.29, 1.82) is 0 Å². The Morgan fingerprint density at radius 2 is 1.72 bits per heavy atom. The van der Waals surface area contributed by atoms with Crippen LogP contribution < -0.4 is 9.64 Å². The van der Waals surface area contributed by atoms with Crippen LogP contribution in [0.15, 0.2) is 42.5 Å². The van der Waals surface area contributed by atoms with E-state index in [1.54, 1.807) is 7.11 Å². The summed E-state index contributed by atoms with van der Waals surface area (Å²) in [4.78, 5) is 53.3. The van der Waals surface area contributed by atoms with Crippen LogP contribution in [0.1, 0.15) is 80.8 Å². The van der Waals surface area contributed by atoms with Gasteiger partial charge in [-0.2, -0.15) is 0 Å². The van der Waals surface area contributed by atoms with E-state index in [0.29, 0.717) is 82.6 Å². The zero-order chi connectivity index (χ0) is 42.7. The van der Waals surface area contributed by atoms with E-state index >= 15 is 4.79 Å². The van der Waals surface area contributed by atoms with Gasteiger partial charge in [0.15, 0.2) is 6.10 Å². The van der Waals surface area contributed by atoms with Gasteiger partial charge in [0, 0.05) is 90.9 Å². The van der Waals surface area contributed by atoms with Gasteiger partial charge < -0.3 is 39.0 Å². The molecule has 6 aliphatic rings. The average molecular weight is 825 g/mol. The molecule has 60 heavy (non-hydrogen) atoms. The number of aliphatic hydroxyl groups is 2. The first-order valence-corrected chi connectivity index (χ1v) is 21.6. The standard InChI is InChI=1S/C47H60N4O9/c1-9-43(55)23-29-24-46(41(53)58-7,37-30(14-18-50(25-29)26-43)31-20-27(3)12-13-34(31)48-37)33-21-32-35(22-36(33)57-6)49(5)39-45(32)16-19-51-17-11-15-44(10-2,38(45)51)40(60-28(4)52)47(39,56)42(54)59-8/h11-13,15,20-22,29,38-40,48,55-56H,9-10,14,16-19,23-26H2,1-8H3/t29-,38-,39+,40+,43-,44+,45+,46-,47+/m0/s1. The van der Waals surface area contributed by atoms with Crippen molar-refractivity contribution in [1.82, 2.24) is 14.8 Å². The van der Waals surface area contributed by atoms with Crippen LogP contribution in [0, 0.1) is 18.3 Å². The first-order chi connectivity index (χ1) is 28.6. The van der Waals surface area contributed by atoms with Gasteiger partial charge in [0.05, 0.1) is 33.0 Å². The number of aromatic nitrogens is 1. The van der Waals surface area contributed by atoms with E-state index in [9.17, 15) is 19.8 Å². The number of hydrogen-bond acceptors (Lipinski definition) is 12. The number of hydrogen-bond donors (Lipinski definition) is 3.